The molecule has 2 N–H and O–H groups in total. The number of amides is 2. The standard InChI is InChI=1S/C23H27N5O2/c1-16-4-5-17-14-18(6-8-20(17)24-16)25-23(29)26-19-7-9-22(30-3)21(15-19)28-12-10-27(2)11-13-28/h4-9,14-15H,10-13H2,1-3H3,(H2,25,26,29). The van der Waals surface area contributed by atoms with Crippen LogP contribution in [0.25, 0.3) is 10.9 Å². The first kappa shape index (κ1) is 20.0. The number of hydrogen-bond acceptors (Lipinski definition) is 5. The topological polar surface area (TPSA) is 69.7 Å². The van der Waals surface area contributed by atoms with Crippen molar-refractivity contribution in [1.29, 1.82) is 0 Å². The predicted octanol–water partition coefficient (Wildman–Crippen LogP) is 3.95. The van der Waals surface area contributed by atoms with Gasteiger partial charge >= 0.3 is 6.03 Å². The highest BCUT2D eigenvalue weighted by atomic mass is 16.5. The van der Waals surface area contributed by atoms with E-state index in [0.29, 0.717) is 0 Å². The van der Waals surface area contributed by atoms with Gasteiger partial charge in [0.25, 0.3) is 0 Å². The van der Waals surface area contributed by atoms with Crippen LogP contribution in [0.5, 0.6) is 5.75 Å². The molecular formula is C23H27N5O2. The Balaban J connectivity index is 1.47. The maximum Gasteiger partial charge on any atom is 0.323 e. The lowest BCUT2D eigenvalue weighted by atomic mass is 10.2. The van der Waals surface area contributed by atoms with Crippen LogP contribution in [-0.4, -0.2) is 56.3 Å². The summed E-state index contributed by atoms with van der Waals surface area (Å²) in [5.74, 6) is 0.808. The number of fused-ring (bicyclic) bond motifs is 1. The van der Waals surface area contributed by atoms with Crippen LogP contribution in [0.15, 0.2) is 48.5 Å². The van der Waals surface area contributed by atoms with Crippen molar-refractivity contribution in [3.8, 4) is 5.75 Å². The third kappa shape index (κ3) is 4.46. The molecule has 0 spiro atoms. The van der Waals surface area contributed by atoms with Gasteiger partial charge in [-0.2, -0.15) is 0 Å². The molecule has 0 atom stereocenters. The Bertz CT molecular complexity index is 1060. The second kappa shape index (κ2) is 8.59. The van der Waals surface area contributed by atoms with Crippen LogP contribution in [-0.2, 0) is 0 Å². The second-order valence-corrected chi connectivity index (χ2v) is 7.62. The molecule has 1 aliphatic rings. The molecule has 2 aromatic carbocycles. The Morgan fingerprint density at radius 1 is 0.967 bits per heavy atom. The first-order valence-electron chi connectivity index (χ1n) is 10.1. The molecule has 1 aromatic heterocycles. The lowest BCUT2D eigenvalue weighted by Gasteiger charge is -2.34. The monoisotopic (exact) mass is 405 g/mol. The average molecular weight is 406 g/mol. The SMILES string of the molecule is COc1ccc(NC(=O)Nc2ccc3nc(C)ccc3c2)cc1N1CCN(C)CC1. The van der Waals surface area contributed by atoms with Crippen LogP contribution in [0.4, 0.5) is 21.9 Å². The zero-order valence-corrected chi connectivity index (χ0v) is 17.6. The maximum atomic E-state index is 12.6. The number of methoxy groups -OCH3 is 1. The third-order valence-electron chi connectivity index (χ3n) is 5.37. The van der Waals surface area contributed by atoms with Crippen molar-refractivity contribution in [3.63, 3.8) is 0 Å². The Morgan fingerprint density at radius 3 is 2.40 bits per heavy atom. The van der Waals surface area contributed by atoms with E-state index in [4.69, 9.17) is 4.74 Å². The fourth-order valence-corrected chi connectivity index (χ4v) is 3.66. The number of pyridine rings is 1. The van der Waals surface area contributed by atoms with Gasteiger partial charge in [-0.1, -0.05) is 6.07 Å². The van der Waals surface area contributed by atoms with Crippen molar-refractivity contribution in [2.45, 2.75) is 6.92 Å². The fraction of sp³-hybridized carbons (Fsp3) is 0.304. The van der Waals surface area contributed by atoms with Crippen molar-refractivity contribution in [3.05, 3.63) is 54.2 Å². The van der Waals surface area contributed by atoms with E-state index in [0.717, 1.165) is 65.6 Å². The number of carbonyl (C=O) groups excluding carboxylic acids is 1. The third-order valence-corrected chi connectivity index (χ3v) is 5.37. The minimum absolute atomic E-state index is 0.288. The summed E-state index contributed by atoms with van der Waals surface area (Å²) in [5, 5.41) is 6.82. The normalized spacial score (nSPS) is 14.6. The summed E-state index contributed by atoms with van der Waals surface area (Å²) in [7, 11) is 3.80. The van der Waals surface area contributed by atoms with Crippen molar-refractivity contribution in [1.82, 2.24) is 9.88 Å². The molecule has 7 nitrogen and oxygen atoms in total. The summed E-state index contributed by atoms with van der Waals surface area (Å²) < 4.78 is 5.54. The lowest BCUT2D eigenvalue weighted by Crippen LogP contribution is -2.44. The van der Waals surface area contributed by atoms with Gasteiger partial charge in [-0.15, -0.1) is 0 Å². The molecule has 0 bridgehead atoms. The Morgan fingerprint density at radius 2 is 1.67 bits per heavy atom. The number of aryl methyl sites for hydroxylation is 1. The molecule has 4 rings (SSSR count). The van der Waals surface area contributed by atoms with Gasteiger partial charge in [0.05, 0.1) is 18.3 Å². The number of likely N-dealkylation sites (N-methyl/N-ethyl adjacent to an activating group) is 1. The van der Waals surface area contributed by atoms with Crippen LogP contribution < -0.4 is 20.3 Å². The number of ether oxygens (including phenoxy) is 1. The number of benzene rings is 2. The van der Waals surface area contributed by atoms with Gasteiger partial charge in [0.15, 0.2) is 0 Å². The van der Waals surface area contributed by atoms with E-state index in [1.54, 1.807) is 7.11 Å². The van der Waals surface area contributed by atoms with Gasteiger partial charge in [0.1, 0.15) is 5.75 Å². The molecule has 1 fully saturated rings. The number of anilines is 3. The largest absolute Gasteiger partial charge is 0.495 e. The van der Waals surface area contributed by atoms with Gasteiger partial charge in [0.2, 0.25) is 0 Å². The highest BCUT2D eigenvalue weighted by molar-refractivity contribution is 6.01. The molecule has 156 valence electrons. The molecule has 30 heavy (non-hydrogen) atoms. The molecule has 2 amide bonds. The van der Waals surface area contributed by atoms with E-state index < -0.39 is 0 Å². The van der Waals surface area contributed by atoms with Gasteiger partial charge in [0, 0.05) is 48.6 Å². The molecule has 2 heterocycles. The number of hydrogen-bond donors (Lipinski definition) is 2. The summed E-state index contributed by atoms with van der Waals surface area (Å²) in [6.07, 6.45) is 0. The highest BCUT2D eigenvalue weighted by Crippen LogP contribution is 2.32. The van der Waals surface area contributed by atoms with E-state index in [2.05, 4.69) is 32.5 Å². The van der Waals surface area contributed by atoms with Crippen LogP contribution in [0.3, 0.4) is 0 Å². The number of carbonyl (C=O) groups is 1. The molecule has 7 heteroatoms. The first-order chi connectivity index (χ1) is 14.5. The van der Waals surface area contributed by atoms with E-state index in [1.165, 1.54) is 0 Å². The summed E-state index contributed by atoms with van der Waals surface area (Å²) in [4.78, 5) is 21.7. The quantitative estimate of drug-likeness (QED) is 0.688. The lowest BCUT2D eigenvalue weighted by molar-refractivity contribution is 0.262. The van der Waals surface area contributed by atoms with E-state index in [-0.39, 0.29) is 6.03 Å². The first-order valence-corrected chi connectivity index (χ1v) is 10.1. The minimum atomic E-state index is -0.288. The van der Waals surface area contributed by atoms with Gasteiger partial charge in [-0.25, -0.2) is 4.79 Å². The van der Waals surface area contributed by atoms with Gasteiger partial charge < -0.3 is 25.2 Å². The smallest absolute Gasteiger partial charge is 0.323 e. The molecule has 0 radical (unpaired) electrons. The van der Waals surface area contributed by atoms with Crippen molar-refractivity contribution in [2.24, 2.45) is 0 Å². The zero-order chi connectivity index (χ0) is 21.1. The van der Waals surface area contributed by atoms with Crippen molar-refractivity contribution in [2.75, 3.05) is 55.9 Å². The zero-order valence-electron chi connectivity index (χ0n) is 17.6. The summed E-state index contributed by atoms with van der Waals surface area (Å²) in [6.45, 7) is 5.81. The highest BCUT2D eigenvalue weighted by Gasteiger charge is 2.18. The number of rotatable bonds is 4. The van der Waals surface area contributed by atoms with Gasteiger partial charge in [-0.05, 0) is 56.4 Å². The van der Waals surface area contributed by atoms with Crippen LogP contribution in [0.1, 0.15) is 5.69 Å². The molecule has 0 aliphatic carbocycles. The Hall–Kier alpha value is -3.32. The van der Waals surface area contributed by atoms with Crippen molar-refractivity contribution < 1.29 is 9.53 Å². The number of aromatic nitrogens is 1. The van der Waals surface area contributed by atoms with Crippen LogP contribution >= 0.6 is 0 Å². The maximum absolute atomic E-state index is 12.6. The molecular weight excluding hydrogens is 378 g/mol. The second-order valence-electron chi connectivity index (χ2n) is 7.62. The summed E-state index contributed by atoms with van der Waals surface area (Å²) in [6, 6.07) is 15.1. The van der Waals surface area contributed by atoms with E-state index in [9.17, 15) is 4.79 Å². The van der Waals surface area contributed by atoms with Crippen LogP contribution in [0, 0.1) is 6.92 Å². The Labute approximate surface area is 176 Å². The van der Waals surface area contributed by atoms with Gasteiger partial charge in [-0.3, -0.25) is 4.98 Å². The Kier molecular flexibility index (Phi) is 5.72. The summed E-state index contributed by atoms with van der Waals surface area (Å²) >= 11 is 0. The number of urea groups is 1. The molecule has 0 unspecified atom stereocenters. The van der Waals surface area contributed by atoms with E-state index in [1.807, 2.05) is 55.5 Å². The molecule has 1 saturated heterocycles. The number of nitrogens with one attached hydrogen (secondary N) is 2. The van der Waals surface area contributed by atoms with Crippen molar-refractivity contribution >= 4 is 34.0 Å². The fourth-order valence-electron chi connectivity index (χ4n) is 3.66. The summed E-state index contributed by atoms with van der Waals surface area (Å²) in [5.41, 5.74) is 4.32. The average Bonchev–Trinajstić information content (AvgIpc) is 2.74. The van der Waals surface area contributed by atoms with E-state index >= 15 is 0 Å². The van der Waals surface area contributed by atoms with Crippen LogP contribution in [0.2, 0.25) is 0 Å². The predicted molar refractivity (Wildman–Crippen MR) is 122 cm³/mol. The number of nitrogens with zero attached hydrogens (tertiary/aromatic N) is 3. The number of piperazine rings is 1. The molecule has 1 aliphatic heterocycles. The molecule has 0 saturated carbocycles. The molecule has 3 aromatic rings. The minimum Gasteiger partial charge on any atom is -0.495 e.